The largest absolute Gasteiger partial charge is 0.361 e. The zero-order chi connectivity index (χ0) is 12.6. The highest BCUT2D eigenvalue weighted by atomic mass is 16.7. The van der Waals surface area contributed by atoms with Gasteiger partial charge in [0.25, 0.3) is 0 Å². The first kappa shape index (κ1) is 11.4. The lowest BCUT2D eigenvalue weighted by Gasteiger charge is -2.35. The molecule has 0 amide bonds. The van der Waals surface area contributed by atoms with Crippen molar-refractivity contribution < 1.29 is 9.47 Å². The highest BCUT2D eigenvalue weighted by Gasteiger charge is 2.28. The van der Waals surface area contributed by atoms with Crippen molar-refractivity contribution in [2.45, 2.75) is 25.7 Å². The molecule has 1 saturated heterocycles. The average molecular weight is 249 g/mol. The van der Waals surface area contributed by atoms with Crippen LogP contribution in [0.25, 0.3) is 11.2 Å². The van der Waals surface area contributed by atoms with Crippen molar-refractivity contribution in [1.29, 1.82) is 0 Å². The quantitative estimate of drug-likeness (QED) is 0.823. The minimum Gasteiger partial charge on any atom is -0.361 e. The van der Waals surface area contributed by atoms with Gasteiger partial charge in [-0.25, -0.2) is 15.0 Å². The number of nitrogens with zero attached hydrogens (tertiary/aromatic N) is 3. The standard InChI is InChI=1S/C11H15N5O2/c1-11(2)17-3-7(4-18-11)16-10-8-9(13-5-12-8)14-6-15-10/h5-7H,3-4H2,1-2H3,(H2,12,13,14,15,16). The van der Waals surface area contributed by atoms with Gasteiger partial charge in [-0.05, 0) is 13.8 Å². The Morgan fingerprint density at radius 1 is 1.28 bits per heavy atom. The predicted molar refractivity (Wildman–Crippen MR) is 65.1 cm³/mol. The van der Waals surface area contributed by atoms with Crippen LogP contribution in [0.2, 0.25) is 0 Å². The molecule has 2 N–H and O–H groups in total. The number of H-pyrrole nitrogens is 1. The second-order valence-electron chi connectivity index (χ2n) is 4.69. The number of imidazole rings is 1. The van der Waals surface area contributed by atoms with Gasteiger partial charge in [-0.3, -0.25) is 0 Å². The van der Waals surface area contributed by atoms with E-state index in [9.17, 15) is 0 Å². The normalized spacial score (nSPS) is 20.1. The van der Waals surface area contributed by atoms with Gasteiger partial charge >= 0.3 is 0 Å². The first-order valence-corrected chi connectivity index (χ1v) is 5.82. The fourth-order valence-corrected chi connectivity index (χ4v) is 1.84. The van der Waals surface area contributed by atoms with Crippen LogP contribution in [-0.4, -0.2) is 45.0 Å². The molecule has 2 aromatic heterocycles. The third-order valence-corrected chi connectivity index (χ3v) is 2.83. The monoisotopic (exact) mass is 249 g/mol. The Morgan fingerprint density at radius 3 is 2.83 bits per heavy atom. The zero-order valence-corrected chi connectivity index (χ0v) is 10.3. The maximum Gasteiger partial charge on any atom is 0.182 e. The number of nitrogens with one attached hydrogen (secondary N) is 2. The van der Waals surface area contributed by atoms with E-state index in [0.717, 1.165) is 11.3 Å². The molecular formula is C11H15N5O2. The van der Waals surface area contributed by atoms with Gasteiger partial charge in [0.2, 0.25) is 0 Å². The second kappa shape index (κ2) is 4.18. The lowest BCUT2D eigenvalue weighted by Crippen LogP contribution is -2.45. The Labute approximate surface area is 104 Å². The van der Waals surface area contributed by atoms with Gasteiger partial charge < -0.3 is 19.8 Å². The maximum absolute atomic E-state index is 5.59. The van der Waals surface area contributed by atoms with E-state index in [1.165, 1.54) is 6.33 Å². The molecule has 1 aliphatic heterocycles. The summed E-state index contributed by atoms with van der Waals surface area (Å²) in [6.07, 6.45) is 3.08. The summed E-state index contributed by atoms with van der Waals surface area (Å²) in [5.74, 6) is 0.210. The molecule has 0 aromatic carbocycles. The molecule has 1 aliphatic rings. The van der Waals surface area contributed by atoms with Crippen molar-refractivity contribution in [2.75, 3.05) is 18.5 Å². The Balaban J connectivity index is 1.75. The average Bonchev–Trinajstić information content (AvgIpc) is 2.81. The third-order valence-electron chi connectivity index (χ3n) is 2.83. The number of fused-ring (bicyclic) bond motifs is 1. The molecule has 18 heavy (non-hydrogen) atoms. The van der Waals surface area contributed by atoms with E-state index in [1.807, 2.05) is 13.8 Å². The zero-order valence-electron chi connectivity index (χ0n) is 10.3. The molecule has 0 saturated carbocycles. The summed E-state index contributed by atoms with van der Waals surface area (Å²) in [6.45, 7) is 4.96. The van der Waals surface area contributed by atoms with Gasteiger partial charge in [-0.2, -0.15) is 0 Å². The summed E-state index contributed by atoms with van der Waals surface area (Å²) in [4.78, 5) is 15.4. The fourth-order valence-electron chi connectivity index (χ4n) is 1.84. The molecule has 0 aliphatic carbocycles. The number of anilines is 1. The number of rotatable bonds is 2. The molecule has 7 heteroatoms. The van der Waals surface area contributed by atoms with Gasteiger partial charge in [0, 0.05) is 0 Å². The molecule has 0 unspecified atom stereocenters. The van der Waals surface area contributed by atoms with Crippen molar-refractivity contribution in [3.8, 4) is 0 Å². The van der Waals surface area contributed by atoms with E-state index >= 15 is 0 Å². The van der Waals surface area contributed by atoms with E-state index in [4.69, 9.17) is 9.47 Å². The molecule has 0 spiro atoms. The Hall–Kier alpha value is -1.73. The van der Waals surface area contributed by atoms with Crippen LogP contribution in [0.1, 0.15) is 13.8 Å². The first-order valence-electron chi connectivity index (χ1n) is 5.82. The van der Waals surface area contributed by atoms with Crippen LogP contribution in [0, 0.1) is 0 Å². The Bertz CT molecular complexity index is 543. The Kier molecular flexibility index (Phi) is 2.64. The van der Waals surface area contributed by atoms with E-state index in [2.05, 4.69) is 25.3 Å². The number of ether oxygens (including phenoxy) is 2. The third kappa shape index (κ3) is 2.14. The SMILES string of the molecule is CC1(C)OCC(Nc2ncnc3nc[nH]c23)CO1. The summed E-state index contributed by atoms with van der Waals surface area (Å²) < 4.78 is 11.2. The highest BCUT2D eigenvalue weighted by Crippen LogP contribution is 2.21. The molecule has 3 rings (SSSR count). The fraction of sp³-hybridized carbons (Fsp3) is 0.545. The van der Waals surface area contributed by atoms with Crippen molar-refractivity contribution in [2.24, 2.45) is 0 Å². The number of hydrogen-bond donors (Lipinski definition) is 2. The molecule has 0 radical (unpaired) electrons. The molecule has 1 fully saturated rings. The van der Waals surface area contributed by atoms with Crippen molar-refractivity contribution in [3.05, 3.63) is 12.7 Å². The van der Waals surface area contributed by atoms with Gasteiger partial charge in [0.15, 0.2) is 17.3 Å². The van der Waals surface area contributed by atoms with Crippen LogP contribution in [-0.2, 0) is 9.47 Å². The second-order valence-corrected chi connectivity index (χ2v) is 4.69. The van der Waals surface area contributed by atoms with Gasteiger partial charge in [0.05, 0.1) is 25.6 Å². The van der Waals surface area contributed by atoms with E-state index in [1.54, 1.807) is 6.33 Å². The van der Waals surface area contributed by atoms with Crippen molar-refractivity contribution in [1.82, 2.24) is 19.9 Å². The molecule has 3 heterocycles. The van der Waals surface area contributed by atoms with Gasteiger partial charge in [-0.1, -0.05) is 0 Å². The molecule has 96 valence electrons. The molecule has 7 nitrogen and oxygen atoms in total. The minimum absolute atomic E-state index is 0.0689. The summed E-state index contributed by atoms with van der Waals surface area (Å²) in [6, 6.07) is 0.0689. The molecule has 0 bridgehead atoms. The number of hydrogen-bond acceptors (Lipinski definition) is 6. The summed E-state index contributed by atoms with van der Waals surface area (Å²) in [7, 11) is 0. The van der Waals surface area contributed by atoms with Gasteiger partial charge in [-0.15, -0.1) is 0 Å². The van der Waals surface area contributed by atoms with E-state index in [0.29, 0.717) is 18.9 Å². The summed E-state index contributed by atoms with van der Waals surface area (Å²) in [5, 5.41) is 3.28. The van der Waals surface area contributed by atoms with E-state index in [-0.39, 0.29) is 6.04 Å². The van der Waals surface area contributed by atoms with Crippen LogP contribution < -0.4 is 5.32 Å². The van der Waals surface area contributed by atoms with Crippen LogP contribution in [0.5, 0.6) is 0 Å². The van der Waals surface area contributed by atoms with Crippen molar-refractivity contribution >= 4 is 17.0 Å². The topological polar surface area (TPSA) is 85.0 Å². The van der Waals surface area contributed by atoms with Crippen molar-refractivity contribution in [3.63, 3.8) is 0 Å². The lowest BCUT2D eigenvalue weighted by molar-refractivity contribution is -0.247. The summed E-state index contributed by atoms with van der Waals surface area (Å²) in [5.41, 5.74) is 1.44. The van der Waals surface area contributed by atoms with Gasteiger partial charge in [0.1, 0.15) is 11.8 Å². The first-order chi connectivity index (χ1) is 8.64. The number of aromatic amines is 1. The van der Waals surface area contributed by atoms with Crippen LogP contribution in [0.3, 0.4) is 0 Å². The lowest BCUT2D eigenvalue weighted by atomic mass is 10.2. The smallest absolute Gasteiger partial charge is 0.182 e. The van der Waals surface area contributed by atoms with Crippen LogP contribution in [0.15, 0.2) is 12.7 Å². The molecule has 2 aromatic rings. The van der Waals surface area contributed by atoms with Crippen LogP contribution in [0.4, 0.5) is 5.82 Å². The van der Waals surface area contributed by atoms with E-state index < -0.39 is 5.79 Å². The highest BCUT2D eigenvalue weighted by molar-refractivity contribution is 5.82. The minimum atomic E-state index is -0.507. The number of aromatic nitrogens is 4. The Morgan fingerprint density at radius 2 is 2.06 bits per heavy atom. The summed E-state index contributed by atoms with van der Waals surface area (Å²) >= 11 is 0. The predicted octanol–water partition coefficient (Wildman–Crippen LogP) is 0.916. The maximum atomic E-state index is 5.59. The molecular weight excluding hydrogens is 234 g/mol. The van der Waals surface area contributed by atoms with Crippen LogP contribution >= 0.6 is 0 Å². The molecule has 0 atom stereocenters.